The zero-order chi connectivity index (χ0) is 23.0. The van der Waals surface area contributed by atoms with Gasteiger partial charge in [-0.25, -0.2) is 0 Å². The Labute approximate surface area is 204 Å². The second-order valence-electron chi connectivity index (χ2n) is 8.25. The fourth-order valence-corrected chi connectivity index (χ4v) is 6.06. The van der Waals surface area contributed by atoms with Crippen molar-refractivity contribution in [3.05, 3.63) is 115 Å². The third kappa shape index (κ3) is 5.82. The average Bonchev–Trinajstić information content (AvgIpc) is 2.91. The van der Waals surface area contributed by atoms with E-state index in [4.69, 9.17) is 14.2 Å². The van der Waals surface area contributed by atoms with Crippen LogP contribution in [0.1, 0.15) is 24.8 Å². The van der Waals surface area contributed by atoms with Crippen molar-refractivity contribution < 1.29 is 14.2 Å². The maximum absolute atomic E-state index is 6.07. The highest BCUT2D eigenvalue weighted by molar-refractivity contribution is 7.97. The van der Waals surface area contributed by atoms with Crippen LogP contribution < -0.4 is 9.47 Å². The highest BCUT2D eigenvalue weighted by Crippen LogP contribution is 2.32. The van der Waals surface area contributed by atoms with E-state index in [2.05, 4.69) is 97.1 Å². The van der Waals surface area contributed by atoms with Crippen LogP contribution in [0.15, 0.2) is 124 Å². The predicted molar refractivity (Wildman–Crippen MR) is 136 cm³/mol. The van der Waals surface area contributed by atoms with Gasteiger partial charge in [-0.05, 0) is 79.1 Å². The molecule has 0 N–H and O–H groups in total. The van der Waals surface area contributed by atoms with Gasteiger partial charge in [-0.1, -0.05) is 48.5 Å². The van der Waals surface area contributed by atoms with Gasteiger partial charge in [-0.15, -0.1) is 0 Å². The Bertz CT molecular complexity index is 1100. The lowest BCUT2D eigenvalue weighted by Crippen LogP contribution is -2.24. The molecule has 4 heteroatoms. The maximum Gasteiger partial charge on any atom is 0.199 e. The van der Waals surface area contributed by atoms with Gasteiger partial charge in [0.2, 0.25) is 0 Å². The Morgan fingerprint density at radius 3 is 1.82 bits per heavy atom. The zero-order valence-electron chi connectivity index (χ0n) is 19.1. The highest BCUT2D eigenvalue weighted by atomic mass is 32.2. The first-order valence-corrected chi connectivity index (χ1v) is 13.0. The summed E-state index contributed by atoms with van der Waals surface area (Å²) in [7, 11) is -0.149. The summed E-state index contributed by atoms with van der Waals surface area (Å²) in [6, 6.07) is 37.9. The molecule has 1 heterocycles. The molecular formula is C30H29O3S+. The first-order valence-electron chi connectivity index (χ1n) is 11.8. The number of hydrogen-bond acceptors (Lipinski definition) is 3. The minimum Gasteiger partial charge on any atom is -0.489 e. The fraction of sp³-hybridized carbons (Fsp3) is 0.200. The lowest BCUT2D eigenvalue weighted by molar-refractivity contribution is -0.105. The third-order valence-corrected chi connectivity index (χ3v) is 7.98. The lowest BCUT2D eigenvalue weighted by atomic mass is 10.2. The summed E-state index contributed by atoms with van der Waals surface area (Å²) in [5.41, 5.74) is 1.11. The number of ether oxygens (including phenoxy) is 3. The molecule has 1 aliphatic heterocycles. The average molecular weight is 470 g/mol. The van der Waals surface area contributed by atoms with Crippen LogP contribution in [0.3, 0.4) is 0 Å². The summed E-state index contributed by atoms with van der Waals surface area (Å²) in [6.07, 6.45) is 3.12. The molecule has 4 aromatic rings. The van der Waals surface area contributed by atoms with Gasteiger partial charge in [0.1, 0.15) is 18.1 Å². The third-order valence-electron chi connectivity index (χ3n) is 5.75. The molecule has 1 fully saturated rings. The van der Waals surface area contributed by atoms with E-state index in [1.54, 1.807) is 0 Å². The van der Waals surface area contributed by atoms with E-state index >= 15 is 0 Å². The topological polar surface area (TPSA) is 27.7 Å². The van der Waals surface area contributed by atoms with Crippen LogP contribution in [-0.4, -0.2) is 12.9 Å². The summed E-state index contributed by atoms with van der Waals surface area (Å²) in [4.78, 5) is 3.89. The smallest absolute Gasteiger partial charge is 0.199 e. The van der Waals surface area contributed by atoms with Gasteiger partial charge in [0.25, 0.3) is 0 Å². The summed E-state index contributed by atoms with van der Waals surface area (Å²) in [5, 5.41) is 0. The van der Waals surface area contributed by atoms with E-state index in [1.807, 2.05) is 12.1 Å². The summed E-state index contributed by atoms with van der Waals surface area (Å²) >= 11 is 0. The van der Waals surface area contributed by atoms with Gasteiger partial charge in [-0.3, -0.25) is 0 Å². The summed E-state index contributed by atoms with van der Waals surface area (Å²) < 4.78 is 17.6. The highest BCUT2D eigenvalue weighted by Gasteiger charge is 2.28. The molecule has 1 aliphatic rings. The first-order chi connectivity index (χ1) is 16.8. The predicted octanol–water partition coefficient (Wildman–Crippen LogP) is 7.27. The minimum absolute atomic E-state index is 0.120. The molecule has 34 heavy (non-hydrogen) atoms. The fourth-order valence-electron chi connectivity index (χ4n) is 3.98. The van der Waals surface area contributed by atoms with Crippen molar-refractivity contribution in [2.75, 3.05) is 6.61 Å². The largest absolute Gasteiger partial charge is 0.489 e. The SMILES string of the molecule is c1ccc([S+](c2ccccc2)c2ccc(OCc3ccc(OC4CCCCO4)cc3)cc2)cc1. The summed E-state index contributed by atoms with van der Waals surface area (Å²) in [5.74, 6) is 1.71. The molecule has 0 amide bonds. The molecule has 0 aromatic heterocycles. The Morgan fingerprint density at radius 2 is 1.24 bits per heavy atom. The minimum atomic E-state index is -0.149. The van der Waals surface area contributed by atoms with Crippen LogP contribution in [0.5, 0.6) is 11.5 Å². The van der Waals surface area contributed by atoms with Gasteiger partial charge < -0.3 is 14.2 Å². The van der Waals surface area contributed by atoms with Crippen molar-refractivity contribution in [1.82, 2.24) is 0 Å². The van der Waals surface area contributed by atoms with Crippen molar-refractivity contribution in [3.8, 4) is 11.5 Å². The van der Waals surface area contributed by atoms with Crippen LogP contribution in [0, 0.1) is 0 Å². The van der Waals surface area contributed by atoms with Crippen molar-refractivity contribution in [3.63, 3.8) is 0 Å². The van der Waals surface area contributed by atoms with E-state index in [0.717, 1.165) is 42.9 Å². The van der Waals surface area contributed by atoms with Gasteiger partial charge in [0.05, 0.1) is 17.5 Å². The number of hydrogen-bond donors (Lipinski definition) is 0. The van der Waals surface area contributed by atoms with Crippen LogP contribution >= 0.6 is 0 Å². The molecule has 0 aliphatic carbocycles. The first kappa shape index (κ1) is 22.6. The standard InChI is InChI=1S/C30H29O3S/c1-3-9-27(10-4-1)34(28-11-5-2-6-12-28)29-20-18-25(19-21-29)32-23-24-14-16-26(17-15-24)33-30-13-7-8-22-31-30/h1-6,9-12,14-21,30H,7-8,13,22-23H2/q+1. The van der Waals surface area contributed by atoms with E-state index < -0.39 is 0 Å². The quantitative estimate of drug-likeness (QED) is 0.254. The van der Waals surface area contributed by atoms with Gasteiger partial charge in [0, 0.05) is 6.42 Å². The Hall–Kier alpha value is -3.21. The second-order valence-corrected chi connectivity index (χ2v) is 10.3. The van der Waals surface area contributed by atoms with E-state index in [1.165, 1.54) is 14.7 Å². The Kier molecular flexibility index (Phi) is 7.49. The Morgan fingerprint density at radius 1 is 0.647 bits per heavy atom. The zero-order valence-corrected chi connectivity index (χ0v) is 20.0. The van der Waals surface area contributed by atoms with Crippen molar-refractivity contribution in [2.24, 2.45) is 0 Å². The molecular weight excluding hydrogens is 440 g/mol. The summed E-state index contributed by atoms with van der Waals surface area (Å²) in [6.45, 7) is 1.30. The molecule has 172 valence electrons. The molecule has 1 atom stereocenters. The van der Waals surface area contributed by atoms with Gasteiger partial charge in [-0.2, -0.15) is 0 Å². The molecule has 1 unspecified atom stereocenters. The van der Waals surface area contributed by atoms with Gasteiger partial charge in [0.15, 0.2) is 21.0 Å². The lowest BCUT2D eigenvalue weighted by Gasteiger charge is -2.23. The molecule has 4 aromatic carbocycles. The van der Waals surface area contributed by atoms with Crippen molar-refractivity contribution in [1.29, 1.82) is 0 Å². The molecule has 0 saturated carbocycles. The molecule has 1 saturated heterocycles. The maximum atomic E-state index is 6.07. The van der Waals surface area contributed by atoms with Crippen molar-refractivity contribution >= 4 is 10.9 Å². The molecule has 0 bridgehead atoms. The molecule has 0 radical (unpaired) electrons. The van der Waals surface area contributed by atoms with E-state index in [-0.39, 0.29) is 17.2 Å². The number of benzene rings is 4. The molecule has 5 rings (SSSR count). The van der Waals surface area contributed by atoms with Gasteiger partial charge >= 0.3 is 0 Å². The van der Waals surface area contributed by atoms with Crippen LogP contribution in [0.4, 0.5) is 0 Å². The van der Waals surface area contributed by atoms with Crippen LogP contribution in [-0.2, 0) is 22.2 Å². The second kappa shape index (κ2) is 11.3. The van der Waals surface area contributed by atoms with E-state index in [0.29, 0.717) is 6.61 Å². The number of rotatable bonds is 8. The van der Waals surface area contributed by atoms with Crippen LogP contribution in [0.25, 0.3) is 0 Å². The molecule has 0 spiro atoms. The van der Waals surface area contributed by atoms with E-state index in [9.17, 15) is 0 Å². The van der Waals surface area contributed by atoms with Crippen LogP contribution in [0.2, 0.25) is 0 Å². The normalized spacial score (nSPS) is 15.7. The van der Waals surface area contributed by atoms with Crippen molar-refractivity contribution in [2.45, 2.75) is 46.8 Å². The Balaban J connectivity index is 1.23. The molecule has 3 nitrogen and oxygen atoms in total. The monoisotopic (exact) mass is 469 g/mol.